The van der Waals surface area contributed by atoms with Crippen LogP contribution in [0.15, 0.2) is 18.2 Å². The van der Waals surface area contributed by atoms with Gasteiger partial charge in [0.1, 0.15) is 0 Å². The molecule has 1 saturated carbocycles. The average molecular weight is 299 g/mol. The Hall–Kier alpha value is -1.60. The number of aromatic nitrogens is 2. The Morgan fingerprint density at radius 1 is 1.38 bits per heavy atom. The van der Waals surface area contributed by atoms with Crippen molar-refractivity contribution in [3.63, 3.8) is 0 Å². The minimum absolute atomic E-state index is 0.445. The van der Waals surface area contributed by atoms with E-state index in [0.717, 1.165) is 22.2 Å². The molecule has 1 aliphatic carbocycles. The van der Waals surface area contributed by atoms with E-state index in [4.69, 9.17) is 17.5 Å². The standard InChI is InChI=1S/C17H21N3S/c1-2-15(13-6-4-3-5-7-13)20-16-10-12(11-18)8-9-14(16)19-17(20)21/h8-10,13,15H,2-7H2,1H3,(H,19,21). The molecule has 0 amide bonds. The van der Waals surface area contributed by atoms with E-state index in [1.54, 1.807) is 0 Å². The largest absolute Gasteiger partial charge is 0.331 e. The zero-order chi connectivity index (χ0) is 14.8. The van der Waals surface area contributed by atoms with Gasteiger partial charge in [0.2, 0.25) is 0 Å². The Kier molecular flexibility index (Phi) is 4.12. The van der Waals surface area contributed by atoms with Crippen LogP contribution in [0, 0.1) is 22.0 Å². The normalized spacial score (nSPS) is 17.7. The van der Waals surface area contributed by atoms with Gasteiger partial charge in [0.25, 0.3) is 0 Å². The van der Waals surface area contributed by atoms with Gasteiger partial charge in [-0.05, 0) is 55.6 Å². The van der Waals surface area contributed by atoms with E-state index in [1.807, 2.05) is 18.2 Å². The first-order valence-electron chi connectivity index (χ1n) is 7.89. The summed E-state index contributed by atoms with van der Waals surface area (Å²) in [6.45, 7) is 2.24. The topological polar surface area (TPSA) is 44.5 Å². The third kappa shape index (κ3) is 2.63. The molecule has 1 aromatic carbocycles. The number of imidazole rings is 1. The maximum Gasteiger partial charge on any atom is 0.178 e. The molecule has 1 heterocycles. The minimum Gasteiger partial charge on any atom is -0.331 e. The van der Waals surface area contributed by atoms with Crippen molar-refractivity contribution in [2.45, 2.75) is 51.5 Å². The van der Waals surface area contributed by atoms with Crippen LogP contribution < -0.4 is 0 Å². The van der Waals surface area contributed by atoms with Crippen LogP contribution in [0.5, 0.6) is 0 Å². The average Bonchev–Trinajstić information content (AvgIpc) is 2.85. The fourth-order valence-corrected chi connectivity index (χ4v) is 4.11. The van der Waals surface area contributed by atoms with Crippen LogP contribution >= 0.6 is 12.2 Å². The van der Waals surface area contributed by atoms with Crippen molar-refractivity contribution in [3.05, 3.63) is 28.5 Å². The first-order valence-corrected chi connectivity index (χ1v) is 8.29. The van der Waals surface area contributed by atoms with Crippen LogP contribution in [0.4, 0.5) is 0 Å². The summed E-state index contributed by atoms with van der Waals surface area (Å²) in [5, 5.41) is 9.14. The lowest BCUT2D eigenvalue weighted by atomic mass is 9.82. The maximum absolute atomic E-state index is 9.14. The summed E-state index contributed by atoms with van der Waals surface area (Å²) in [4.78, 5) is 3.30. The summed E-state index contributed by atoms with van der Waals surface area (Å²) in [6.07, 6.45) is 7.71. The van der Waals surface area contributed by atoms with E-state index >= 15 is 0 Å². The minimum atomic E-state index is 0.445. The highest BCUT2D eigenvalue weighted by Crippen LogP contribution is 2.36. The second-order valence-electron chi connectivity index (χ2n) is 6.02. The molecule has 3 nitrogen and oxygen atoms in total. The number of hydrogen-bond donors (Lipinski definition) is 1. The van der Waals surface area contributed by atoms with Crippen molar-refractivity contribution in [3.8, 4) is 6.07 Å². The summed E-state index contributed by atoms with van der Waals surface area (Å²) >= 11 is 5.57. The van der Waals surface area contributed by atoms with Crippen molar-refractivity contribution in [1.82, 2.24) is 9.55 Å². The highest BCUT2D eigenvalue weighted by Gasteiger charge is 2.25. The number of benzene rings is 1. The molecule has 2 aromatic rings. The third-order valence-electron chi connectivity index (χ3n) is 4.79. The Morgan fingerprint density at radius 3 is 2.81 bits per heavy atom. The lowest BCUT2D eigenvalue weighted by Crippen LogP contribution is -2.21. The number of aromatic amines is 1. The Bertz CT molecular complexity index is 729. The quantitative estimate of drug-likeness (QED) is 0.801. The number of nitriles is 1. The second kappa shape index (κ2) is 6.03. The zero-order valence-electron chi connectivity index (χ0n) is 12.4. The van der Waals surface area contributed by atoms with Gasteiger partial charge in [-0.15, -0.1) is 0 Å². The van der Waals surface area contributed by atoms with Crippen molar-refractivity contribution in [1.29, 1.82) is 5.26 Å². The molecule has 3 rings (SSSR count). The Morgan fingerprint density at radius 2 is 2.14 bits per heavy atom. The van der Waals surface area contributed by atoms with Crippen molar-refractivity contribution in [2.24, 2.45) is 5.92 Å². The van der Waals surface area contributed by atoms with E-state index in [0.29, 0.717) is 17.5 Å². The van der Waals surface area contributed by atoms with Gasteiger partial charge < -0.3 is 9.55 Å². The number of nitrogens with zero attached hydrogens (tertiary/aromatic N) is 2. The molecule has 1 unspecified atom stereocenters. The monoisotopic (exact) mass is 299 g/mol. The van der Waals surface area contributed by atoms with Crippen LogP contribution in [0.1, 0.15) is 57.1 Å². The van der Waals surface area contributed by atoms with Crippen molar-refractivity contribution in [2.75, 3.05) is 0 Å². The van der Waals surface area contributed by atoms with Gasteiger partial charge in [-0.25, -0.2) is 0 Å². The van der Waals surface area contributed by atoms with E-state index < -0.39 is 0 Å². The SMILES string of the molecule is CCC(C1CCCCC1)n1c(=S)[nH]c2ccc(C#N)cc21. The van der Waals surface area contributed by atoms with Crippen LogP contribution in [-0.2, 0) is 0 Å². The molecule has 0 bridgehead atoms. The molecule has 4 heteroatoms. The van der Waals surface area contributed by atoms with Gasteiger partial charge in [0, 0.05) is 6.04 Å². The molecule has 0 radical (unpaired) electrons. The molecule has 1 atom stereocenters. The lowest BCUT2D eigenvalue weighted by Gasteiger charge is -2.31. The molecule has 1 aromatic heterocycles. The predicted octanol–water partition coefficient (Wildman–Crippen LogP) is 5.10. The summed E-state index contributed by atoms with van der Waals surface area (Å²) in [7, 11) is 0. The Balaban J connectivity index is 2.10. The summed E-state index contributed by atoms with van der Waals surface area (Å²) in [6, 6.07) is 8.45. The van der Waals surface area contributed by atoms with Crippen LogP contribution in [0.2, 0.25) is 0 Å². The first kappa shape index (κ1) is 14.3. The second-order valence-corrected chi connectivity index (χ2v) is 6.40. The molecule has 0 saturated heterocycles. The lowest BCUT2D eigenvalue weighted by molar-refractivity contribution is 0.245. The molecule has 1 fully saturated rings. The number of rotatable bonds is 3. The number of nitrogens with one attached hydrogen (secondary N) is 1. The van der Waals surface area contributed by atoms with Crippen LogP contribution in [0.25, 0.3) is 11.0 Å². The van der Waals surface area contributed by atoms with E-state index in [1.165, 1.54) is 32.1 Å². The Labute approximate surface area is 130 Å². The fourth-order valence-electron chi connectivity index (χ4n) is 3.77. The zero-order valence-corrected chi connectivity index (χ0v) is 13.2. The van der Waals surface area contributed by atoms with Gasteiger partial charge >= 0.3 is 0 Å². The predicted molar refractivity (Wildman–Crippen MR) is 87.7 cm³/mol. The summed E-state index contributed by atoms with van der Waals surface area (Å²) in [5.74, 6) is 0.709. The molecular weight excluding hydrogens is 278 g/mol. The summed E-state index contributed by atoms with van der Waals surface area (Å²) in [5.41, 5.74) is 2.81. The molecule has 0 aliphatic heterocycles. The maximum atomic E-state index is 9.14. The van der Waals surface area contributed by atoms with E-state index in [9.17, 15) is 0 Å². The van der Waals surface area contributed by atoms with Gasteiger partial charge in [0.15, 0.2) is 4.77 Å². The van der Waals surface area contributed by atoms with E-state index in [2.05, 4.69) is 22.5 Å². The number of H-pyrrole nitrogens is 1. The molecule has 1 N–H and O–H groups in total. The molecule has 1 aliphatic rings. The smallest absolute Gasteiger partial charge is 0.178 e. The third-order valence-corrected chi connectivity index (χ3v) is 5.09. The van der Waals surface area contributed by atoms with Gasteiger partial charge in [-0.3, -0.25) is 0 Å². The molecule has 0 spiro atoms. The number of fused-ring (bicyclic) bond motifs is 1. The fraction of sp³-hybridized carbons (Fsp3) is 0.529. The van der Waals surface area contributed by atoms with Crippen LogP contribution in [-0.4, -0.2) is 9.55 Å². The first-order chi connectivity index (χ1) is 10.2. The highest BCUT2D eigenvalue weighted by atomic mass is 32.1. The van der Waals surface area contributed by atoms with Crippen LogP contribution in [0.3, 0.4) is 0 Å². The molecule has 21 heavy (non-hydrogen) atoms. The molecular formula is C17H21N3S. The summed E-state index contributed by atoms with van der Waals surface area (Å²) < 4.78 is 3.05. The highest BCUT2D eigenvalue weighted by molar-refractivity contribution is 7.71. The van der Waals surface area contributed by atoms with Gasteiger partial charge in [-0.2, -0.15) is 5.26 Å². The van der Waals surface area contributed by atoms with Gasteiger partial charge in [-0.1, -0.05) is 26.2 Å². The van der Waals surface area contributed by atoms with Crippen molar-refractivity contribution < 1.29 is 0 Å². The van der Waals surface area contributed by atoms with E-state index in [-0.39, 0.29) is 0 Å². The van der Waals surface area contributed by atoms with Crippen molar-refractivity contribution >= 4 is 23.3 Å². The molecule has 110 valence electrons. The van der Waals surface area contributed by atoms with Gasteiger partial charge in [0.05, 0.1) is 22.7 Å². The number of hydrogen-bond acceptors (Lipinski definition) is 2.